The molecule has 2 atom stereocenters. The quantitative estimate of drug-likeness (QED) is 0.606. The molecule has 5 heteroatoms. The summed E-state index contributed by atoms with van der Waals surface area (Å²) < 4.78 is 4.80. The zero-order valence-electron chi connectivity index (χ0n) is 10.2. The second-order valence-corrected chi connectivity index (χ2v) is 3.98. The van der Waals surface area contributed by atoms with E-state index in [-0.39, 0.29) is 18.4 Å². The Morgan fingerprint density at radius 3 is 2.56 bits per heavy atom. The normalized spacial score (nSPS) is 20.3. The van der Waals surface area contributed by atoms with Crippen LogP contribution in [0.3, 0.4) is 0 Å². The van der Waals surface area contributed by atoms with Crippen LogP contribution in [0, 0.1) is 0 Å². The summed E-state index contributed by atoms with van der Waals surface area (Å²) in [5.41, 5.74) is 7.99. The number of carbonyl (C=O) groups is 2. The first-order valence-corrected chi connectivity index (χ1v) is 5.64. The number of nitrogens with two attached hydrogens (primary N) is 1. The molecule has 0 amide bonds. The summed E-state index contributed by atoms with van der Waals surface area (Å²) in [5, 5.41) is 6.89. The Morgan fingerprint density at radius 2 is 2.06 bits per heavy atom. The lowest BCUT2D eigenvalue weighted by Gasteiger charge is -2.08. The third-order valence-electron chi connectivity index (χ3n) is 3.10. The molecule has 0 saturated heterocycles. The summed E-state index contributed by atoms with van der Waals surface area (Å²) in [7, 11) is 1.43. The van der Waals surface area contributed by atoms with Crippen LogP contribution >= 0.6 is 0 Å². The SMILES string of the molecule is COC(=O)C1CC(CN)c2ccccc21.O=CO. The Bertz CT molecular complexity index is 419. The summed E-state index contributed by atoms with van der Waals surface area (Å²) in [6.07, 6.45) is 0.780. The molecule has 5 nitrogen and oxygen atoms in total. The Kier molecular flexibility index (Phi) is 5.32. The van der Waals surface area contributed by atoms with Crippen molar-refractivity contribution in [1.82, 2.24) is 0 Å². The number of fused-ring (bicyclic) bond motifs is 1. The van der Waals surface area contributed by atoms with Crippen LogP contribution in [0.15, 0.2) is 24.3 Å². The van der Waals surface area contributed by atoms with Crippen molar-refractivity contribution in [1.29, 1.82) is 0 Å². The van der Waals surface area contributed by atoms with Crippen molar-refractivity contribution in [3.8, 4) is 0 Å². The van der Waals surface area contributed by atoms with Gasteiger partial charge < -0.3 is 15.6 Å². The predicted octanol–water partition coefficient (Wildman–Crippen LogP) is 1.09. The maximum Gasteiger partial charge on any atom is 0.313 e. The van der Waals surface area contributed by atoms with Crippen molar-refractivity contribution in [3.05, 3.63) is 35.4 Å². The maximum absolute atomic E-state index is 11.6. The van der Waals surface area contributed by atoms with E-state index in [0.29, 0.717) is 12.5 Å². The van der Waals surface area contributed by atoms with E-state index in [9.17, 15) is 4.79 Å². The Hall–Kier alpha value is -1.88. The third kappa shape index (κ3) is 2.87. The highest BCUT2D eigenvalue weighted by atomic mass is 16.5. The molecular formula is C13H17NO4. The first kappa shape index (κ1) is 14.2. The Balaban J connectivity index is 0.000000492. The lowest BCUT2D eigenvalue weighted by molar-refractivity contribution is -0.142. The number of carboxylic acid groups (broad SMARTS) is 1. The summed E-state index contributed by atoms with van der Waals surface area (Å²) in [5.74, 6) is 0.0171. The van der Waals surface area contributed by atoms with Crippen molar-refractivity contribution in [2.75, 3.05) is 13.7 Å². The lowest BCUT2D eigenvalue weighted by atomic mass is 10.0. The molecule has 1 aromatic rings. The summed E-state index contributed by atoms with van der Waals surface area (Å²) in [6.45, 7) is 0.338. The molecule has 0 aliphatic heterocycles. The van der Waals surface area contributed by atoms with Gasteiger partial charge in [-0.1, -0.05) is 24.3 Å². The zero-order valence-corrected chi connectivity index (χ0v) is 10.2. The second-order valence-electron chi connectivity index (χ2n) is 3.98. The summed E-state index contributed by atoms with van der Waals surface area (Å²) >= 11 is 0. The Labute approximate surface area is 106 Å². The molecule has 1 aromatic carbocycles. The molecule has 98 valence electrons. The number of hydrogen-bond donors (Lipinski definition) is 2. The van der Waals surface area contributed by atoms with Gasteiger partial charge in [-0.3, -0.25) is 9.59 Å². The topological polar surface area (TPSA) is 89.6 Å². The monoisotopic (exact) mass is 251 g/mol. The van der Waals surface area contributed by atoms with Crippen molar-refractivity contribution in [3.63, 3.8) is 0 Å². The van der Waals surface area contributed by atoms with Gasteiger partial charge >= 0.3 is 5.97 Å². The lowest BCUT2D eigenvalue weighted by Crippen LogP contribution is -2.13. The van der Waals surface area contributed by atoms with Crippen LogP contribution in [-0.2, 0) is 14.3 Å². The molecule has 0 bridgehead atoms. The second kappa shape index (κ2) is 6.76. The van der Waals surface area contributed by atoms with E-state index in [1.165, 1.54) is 12.7 Å². The van der Waals surface area contributed by atoms with E-state index in [4.69, 9.17) is 20.4 Å². The first-order chi connectivity index (χ1) is 8.69. The van der Waals surface area contributed by atoms with Crippen LogP contribution in [0.25, 0.3) is 0 Å². The third-order valence-corrected chi connectivity index (χ3v) is 3.10. The van der Waals surface area contributed by atoms with E-state index in [0.717, 1.165) is 12.0 Å². The fraction of sp³-hybridized carbons (Fsp3) is 0.385. The van der Waals surface area contributed by atoms with Gasteiger partial charge in [0.2, 0.25) is 0 Å². The molecule has 0 aromatic heterocycles. The molecule has 1 aliphatic rings. The molecule has 0 radical (unpaired) electrons. The average molecular weight is 251 g/mol. The van der Waals surface area contributed by atoms with E-state index in [2.05, 4.69) is 6.07 Å². The standard InChI is InChI=1S/C12H15NO2.CH2O2/c1-15-12(14)11-6-8(7-13)9-4-2-3-5-10(9)11;2-1-3/h2-5,8,11H,6-7,13H2,1H3;1H,(H,2,3). The highest BCUT2D eigenvalue weighted by molar-refractivity contribution is 5.80. The van der Waals surface area contributed by atoms with E-state index in [1.54, 1.807) is 0 Å². The van der Waals surface area contributed by atoms with Gasteiger partial charge in [0.1, 0.15) is 0 Å². The van der Waals surface area contributed by atoms with Gasteiger partial charge in [-0.25, -0.2) is 0 Å². The number of ether oxygens (including phenoxy) is 1. The fourth-order valence-corrected chi connectivity index (χ4v) is 2.33. The zero-order chi connectivity index (χ0) is 13.5. The summed E-state index contributed by atoms with van der Waals surface area (Å²) in [6, 6.07) is 7.98. The van der Waals surface area contributed by atoms with Crippen molar-refractivity contribution in [2.24, 2.45) is 5.73 Å². The van der Waals surface area contributed by atoms with Crippen LogP contribution in [0.1, 0.15) is 29.4 Å². The van der Waals surface area contributed by atoms with Crippen LogP contribution in [-0.4, -0.2) is 31.2 Å². The van der Waals surface area contributed by atoms with Crippen molar-refractivity contribution >= 4 is 12.4 Å². The number of methoxy groups -OCH3 is 1. The molecule has 0 spiro atoms. The minimum atomic E-state index is -0.250. The minimum Gasteiger partial charge on any atom is -0.483 e. The van der Waals surface area contributed by atoms with Crippen LogP contribution in [0.4, 0.5) is 0 Å². The average Bonchev–Trinajstić information content (AvgIpc) is 2.77. The molecule has 2 unspecified atom stereocenters. The fourth-order valence-electron chi connectivity index (χ4n) is 2.33. The molecule has 2 rings (SSSR count). The van der Waals surface area contributed by atoms with E-state index in [1.807, 2.05) is 18.2 Å². The molecular weight excluding hydrogens is 234 g/mol. The van der Waals surface area contributed by atoms with Crippen LogP contribution in [0.2, 0.25) is 0 Å². The minimum absolute atomic E-state index is 0.125. The van der Waals surface area contributed by atoms with Gasteiger partial charge in [0.15, 0.2) is 0 Å². The van der Waals surface area contributed by atoms with E-state index >= 15 is 0 Å². The maximum atomic E-state index is 11.6. The summed E-state index contributed by atoms with van der Waals surface area (Å²) in [4.78, 5) is 19.9. The van der Waals surface area contributed by atoms with Gasteiger partial charge in [0, 0.05) is 0 Å². The number of benzene rings is 1. The molecule has 0 saturated carbocycles. The predicted molar refractivity (Wildman–Crippen MR) is 66.3 cm³/mol. The molecule has 1 aliphatic carbocycles. The number of rotatable bonds is 2. The molecule has 3 N–H and O–H groups in total. The van der Waals surface area contributed by atoms with Gasteiger partial charge in [0.05, 0.1) is 13.0 Å². The van der Waals surface area contributed by atoms with Crippen LogP contribution in [0.5, 0.6) is 0 Å². The molecule has 0 fully saturated rings. The van der Waals surface area contributed by atoms with Gasteiger partial charge in [0.25, 0.3) is 6.47 Å². The van der Waals surface area contributed by atoms with Gasteiger partial charge in [-0.2, -0.15) is 0 Å². The van der Waals surface area contributed by atoms with Crippen LogP contribution < -0.4 is 5.73 Å². The van der Waals surface area contributed by atoms with Crippen molar-refractivity contribution < 1.29 is 19.4 Å². The smallest absolute Gasteiger partial charge is 0.313 e. The van der Waals surface area contributed by atoms with Gasteiger partial charge in [-0.15, -0.1) is 0 Å². The first-order valence-electron chi connectivity index (χ1n) is 5.64. The highest BCUT2D eigenvalue weighted by Crippen LogP contribution is 2.41. The number of esters is 1. The number of hydrogen-bond acceptors (Lipinski definition) is 4. The Morgan fingerprint density at radius 1 is 1.50 bits per heavy atom. The molecule has 18 heavy (non-hydrogen) atoms. The van der Waals surface area contributed by atoms with Crippen molar-refractivity contribution in [2.45, 2.75) is 18.3 Å². The van der Waals surface area contributed by atoms with Gasteiger partial charge in [-0.05, 0) is 30.0 Å². The highest BCUT2D eigenvalue weighted by Gasteiger charge is 2.34. The van der Waals surface area contributed by atoms with E-state index < -0.39 is 0 Å². The molecule has 0 heterocycles. The number of carbonyl (C=O) groups excluding carboxylic acids is 1. The largest absolute Gasteiger partial charge is 0.483 e.